The lowest BCUT2D eigenvalue weighted by molar-refractivity contribution is -0.402. The molecule has 10 nitrogen and oxygen atoms in total. The monoisotopic (exact) mass is 482 g/mol. The van der Waals surface area contributed by atoms with Gasteiger partial charge >= 0.3 is 11.4 Å². The lowest BCUT2D eigenvalue weighted by atomic mass is 10.1. The van der Waals surface area contributed by atoms with Crippen LogP contribution in [0.2, 0.25) is 20.1 Å². The summed E-state index contributed by atoms with van der Waals surface area (Å²) in [7, 11) is 0. The van der Waals surface area contributed by atoms with E-state index in [4.69, 9.17) is 46.4 Å². The second kappa shape index (κ2) is 8.95. The molecule has 0 unspecified atom stereocenters. The summed E-state index contributed by atoms with van der Waals surface area (Å²) in [6, 6.07) is 2.50. The van der Waals surface area contributed by atoms with Gasteiger partial charge in [0.15, 0.2) is 5.69 Å². The summed E-state index contributed by atoms with van der Waals surface area (Å²) in [6.07, 6.45) is 0.349. The summed E-state index contributed by atoms with van der Waals surface area (Å²) < 4.78 is 0. The minimum atomic E-state index is -0.968. The van der Waals surface area contributed by atoms with Gasteiger partial charge < -0.3 is 4.90 Å². The predicted molar refractivity (Wildman–Crippen MR) is 110 cm³/mol. The maximum absolute atomic E-state index is 11.6. The van der Waals surface area contributed by atoms with Gasteiger partial charge in [0, 0.05) is 6.54 Å². The van der Waals surface area contributed by atoms with Crippen molar-refractivity contribution in [2.24, 2.45) is 0 Å². The molecule has 0 amide bonds. The lowest BCUT2D eigenvalue weighted by Gasteiger charge is -2.26. The van der Waals surface area contributed by atoms with Crippen LogP contribution in [0, 0.1) is 30.3 Å². The van der Waals surface area contributed by atoms with Gasteiger partial charge in [0.05, 0.1) is 52.7 Å². The molecule has 0 bridgehead atoms. The Labute approximate surface area is 183 Å². The first-order valence-electron chi connectivity index (χ1n) is 7.72. The third-order valence-electron chi connectivity index (χ3n) is 3.73. The van der Waals surface area contributed by atoms with Crippen molar-refractivity contribution in [2.45, 2.75) is 13.3 Å². The predicted octanol–water partition coefficient (Wildman–Crippen LogP) is 6.57. The fourth-order valence-electron chi connectivity index (χ4n) is 2.61. The summed E-state index contributed by atoms with van der Waals surface area (Å²) in [5, 5.41) is 34.0. The van der Waals surface area contributed by atoms with Crippen molar-refractivity contribution in [3.05, 3.63) is 68.6 Å². The number of halogens is 4. The second-order valence-electron chi connectivity index (χ2n) is 5.57. The zero-order valence-corrected chi connectivity index (χ0v) is 17.4. The molecule has 0 aliphatic carbocycles. The van der Waals surface area contributed by atoms with Crippen molar-refractivity contribution in [3.8, 4) is 0 Å². The molecule has 29 heavy (non-hydrogen) atoms. The van der Waals surface area contributed by atoms with Crippen LogP contribution in [-0.4, -0.2) is 21.3 Å². The van der Waals surface area contributed by atoms with E-state index in [0.717, 1.165) is 4.90 Å². The molecule has 0 aliphatic rings. The number of anilines is 2. The quantitative estimate of drug-likeness (QED) is 0.247. The topological polar surface area (TPSA) is 133 Å². The Morgan fingerprint density at radius 1 is 0.793 bits per heavy atom. The highest BCUT2D eigenvalue weighted by atomic mass is 35.5. The van der Waals surface area contributed by atoms with E-state index >= 15 is 0 Å². The second-order valence-corrected chi connectivity index (χ2v) is 7.14. The Morgan fingerprint density at radius 2 is 1.24 bits per heavy atom. The molecule has 0 radical (unpaired) electrons. The fraction of sp³-hybridized carbons (Fsp3) is 0.200. The number of nitro benzene ring substituents is 3. The van der Waals surface area contributed by atoms with Crippen LogP contribution in [0.25, 0.3) is 0 Å². The molecule has 0 aromatic heterocycles. The number of non-ortho nitro benzene ring substituents is 1. The maximum atomic E-state index is 11.6. The summed E-state index contributed by atoms with van der Waals surface area (Å²) in [4.78, 5) is 32.6. The van der Waals surface area contributed by atoms with Gasteiger partial charge in [0.1, 0.15) is 0 Å². The Bertz CT molecular complexity index is 971. The smallest absolute Gasteiger partial charge is 0.306 e. The zero-order valence-electron chi connectivity index (χ0n) is 14.4. The van der Waals surface area contributed by atoms with Gasteiger partial charge in [-0.25, -0.2) is 0 Å². The standard InChI is InChI=1S/C15H10Cl4N4O6/c1-2-3-20(15-12(18)8(16)6-9(17)13(15)19)14-10(22(26)27)4-7(21(24)25)5-11(14)23(28)29/h4-6H,2-3H2,1H3. The van der Waals surface area contributed by atoms with Gasteiger partial charge in [-0.05, 0) is 12.5 Å². The number of rotatable bonds is 7. The highest BCUT2D eigenvalue weighted by molar-refractivity contribution is 6.50. The van der Waals surface area contributed by atoms with E-state index in [-0.39, 0.29) is 32.3 Å². The Kier molecular flexibility index (Phi) is 7.06. The van der Waals surface area contributed by atoms with Crippen molar-refractivity contribution in [1.82, 2.24) is 0 Å². The van der Waals surface area contributed by atoms with Gasteiger partial charge in [-0.3, -0.25) is 30.3 Å². The molecule has 0 saturated carbocycles. The molecular formula is C15H10Cl4N4O6. The van der Waals surface area contributed by atoms with E-state index in [1.165, 1.54) is 6.07 Å². The van der Waals surface area contributed by atoms with Crippen LogP contribution < -0.4 is 4.90 Å². The molecular weight excluding hydrogens is 474 g/mol. The summed E-state index contributed by atoms with van der Waals surface area (Å²) in [5.74, 6) is 0. The molecule has 2 aromatic carbocycles. The minimum Gasteiger partial charge on any atom is -0.328 e. The summed E-state index contributed by atoms with van der Waals surface area (Å²) in [6.45, 7) is 1.68. The van der Waals surface area contributed by atoms with Crippen LogP contribution in [0.15, 0.2) is 18.2 Å². The number of nitro groups is 3. The fourth-order valence-corrected chi connectivity index (χ4v) is 3.61. The minimum absolute atomic E-state index is 0.0183. The van der Waals surface area contributed by atoms with Gasteiger partial charge in [-0.15, -0.1) is 0 Å². The highest BCUT2D eigenvalue weighted by Crippen LogP contribution is 2.50. The molecule has 0 N–H and O–H groups in total. The first kappa shape index (κ1) is 22.9. The Hall–Kier alpha value is -2.40. The molecule has 0 atom stereocenters. The molecule has 2 rings (SSSR count). The SMILES string of the molecule is CCCN(c1c([N+](=O)[O-])cc([N+](=O)[O-])cc1[N+](=O)[O-])c1c(Cl)c(Cl)cc(Cl)c1Cl. The van der Waals surface area contributed by atoms with Crippen molar-refractivity contribution in [3.63, 3.8) is 0 Å². The van der Waals surface area contributed by atoms with Gasteiger partial charge in [0.25, 0.3) is 5.69 Å². The Balaban J connectivity index is 3.00. The molecule has 0 fully saturated rings. The first-order chi connectivity index (χ1) is 13.5. The van der Waals surface area contributed by atoms with Crippen LogP contribution in [0.4, 0.5) is 28.4 Å². The summed E-state index contributed by atoms with van der Waals surface area (Å²) in [5.41, 5.74) is -3.18. The van der Waals surface area contributed by atoms with E-state index in [2.05, 4.69) is 0 Å². The molecule has 0 aliphatic heterocycles. The molecule has 2 aromatic rings. The van der Waals surface area contributed by atoms with Crippen LogP contribution in [0.3, 0.4) is 0 Å². The van der Waals surface area contributed by atoms with E-state index in [0.29, 0.717) is 18.6 Å². The van der Waals surface area contributed by atoms with E-state index < -0.39 is 37.5 Å². The van der Waals surface area contributed by atoms with E-state index in [9.17, 15) is 30.3 Å². The third-order valence-corrected chi connectivity index (χ3v) is 5.29. The average molecular weight is 484 g/mol. The van der Waals surface area contributed by atoms with Crippen molar-refractivity contribution in [2.75, 3.05) is 11.4 Å². The molecule has 0 spiro atoms. The van der Waals surface area contributed by atoms with Gasteiger partial charge in [-0.2, -0.15) is 0 Å². The van der Waals surface area contributed by atoms with Crippen LogP contribution in [0.1, 0.15) is 13.3 Å². The third kappa shape index (κ3) is 4.45. The molecule has 14 heteroatoms. The maximum Gasteiger partial charge on any atom is 0.306 e. The normalized spacial score (nSPS) is 10.7. The first-order valence-corrected chi connectivity index (χ1v) is 9.24. The van der Waals surface area contributed by atoms with Crippen molar-refractivity contribution in [1.29, 1.82) is 0 Å². The Morgan fingerprint density at radius 3 is 1.59 bits per heavy atom. The molecule has 0 heterocycles. The van der Waals surface area contributed by atoms with E-state index in [1.807, 2.05) is 0 Å². The zero-order chi connectivity index (χ0) is 22.0. The lowest BCUT2D eigenvalue weighted by Crippen LogP contribution is -2.21. The van der Waals surface area contributed by atoms with Crippen LogP contribution >= 0.6 is 46.4 Å². The molecule has 0 saturated heterocycles. The number of nitrogens with zero attached hydrogens (tertiary/aromatic N) is 4. The average Bonchev–Trinajstić information content (AvgIpc) is 2.64. The van der Waals surface area contributed by atoms with Gasteiger partial charge in [-0.1, -0.05) is 53.3 Å². The van der Waals surface area contributed by atoms with E-state index in [1.54, 1.807) is 6.92 Å². The summed E-state index contributed by atoms with van der Waals surface area (Å²) >= 11 is 24.5. The van der Waals surface area contributed by atoms with Crippen molar-refractivity contribution >= 4 is 74.8 Å². The van der Waals surface area contributed by atoms with Crippen LogP contribution in [-0.2, 0) is 0 Å². The van der Waals surface area contributed by atoms with Gasteiger partial charge in [0.2, 0.25) is 0 Å². The largest absolute Gasteiger partial charge is 0.328 e. The highest BCUT2D eigenvalue weighted by Gasteiger charge is 2.36. The number of hydrogen-bond acceptors (Lipinski definition) is 7. The van der Waals surface area contributed by atoms with Crippen LogP contribution in [0.5, 0.6) is 0 Å². The molecule has 154 valence electrons. The number of benzene rings is 2. The number of hydrogen-bond donors (Lipinski definition) is 0. The van der Waals surface area contributed by atoms with Crippen molar-refractivity contribution < 1.29 is 14.8 Å².